The molecule has 4 heteroatoms. The Morgan fingerprint density at radius 2 is 2.14 bits per heavy atom. The monoisotopic (exact) mass is 304 g/mol. The molecule has 0 amide bonds. The van der Waals surface area contributed by atoms with Crippen molar-refractivity contribution in [3.63, 3.8) is 0 Å². The molecule has 22 heavy (non-hydrogen) atoms. The van der Waals surface area contributed by atoms with Crippen LogP contribution in [-0.2, 0) is 19.7 Å². The van der Waals surface area contributed by atoms with Crippen molar-refractivity contribution in [1.82, 2.24) is 0 Å². The Morgan fingerprint density at radius 1 is 1.41 bits per heavy atom. The Morgan fingerprint density at radius 3 is 2.73 bits per heavy atom. The standard InChI is InChI=1S/C18H24O4/c1-6-18(4,11-10-17(19)21-7-2)15-12-14(3)8-9-16(15)22-13-20-5/h6,8-12H,1,7,13H2,2-5H3/b11-10+/t18-/m1/s1. The van der Waals surface area contributed by atoms with Crippen molar-refractivity contribution in [2.45, 2.75) is 26.2 Å². The van der Waals surface area contributed by atoms with Crippen molar-refractivity contribution in [2.75, 3.05) is 20.5 Å². The summed E-state index contributed by atoms with van der Waals surface area (Å²) in [4.78, 5) is 11.6. The summed E-state index contributed by atoms with van der Waals surface area (Å²) in [5, 5.41) is 0. The number of methoxy groups -OCH3 is 1. The quantitative estimate of drug-likeness (QED) is 0.319. The number of rotatable bonds is 8. The zero-order valence-corrected chi connectivity index (χ0v) is 13.7. The van der Waals surface area contributed by atoms with Gasteiger partial charge in [0.2, 0.25) is 0 Å². The molecule has 1 atom stereocenters. The van der Waals surface area contributed by atoms with E-state index in [2.05, 4.69) is 6.58 Å². The van der Waals surface area contributed by atoms with E-state index in [4.69, 9.17) is 14.2 Å². The molecule has 0 N–H and O–H groups in total. The van der Waals surface area contributed by atoms with Crippen molar-refractivity contribution < 1.29 is 19.0 Å². The average Bonchev–Trinajstić information content (AvgIpc) is 2.51. The lowest BCUT2D eigenvalue weighted by atomic mass is 9.81. The number of aryl methyl sites for hydroxylation is 1. The van der Waals surface area contributed by atoms with Crippen LogP contribution in [0.15, 0.2) is 43.0 Å². The molecule has 0 heterocycles. The molecule has 0 aliphatic carbocycles. The average molecular weight is 304 g/mol. The summed E-state index contributed by atoms with van der Waals surface area (Å²) in [7, 11) is 1.57. The molecule has 0 bridgehead atoms. The van der Waals surface area contributed by atoms with E-state index in [1.165, 1.54) is 6.08 Å². The Balaban J connectivity index is 3.18. The van der Waals surface area contributed by atoms with Crippen LogP contribution in [0.25, 0.3) is 0 Å². The molecule has 0 fully saturated rings. The van der Waals surface area contributed by atoms with E-state index < -0.39 is 5.41 Å². The highest BCUT2D eigenvalue weighted by atomic mass is 16.7. The van der Waals surface area contributed by atoms with Gasteiger partial charge in [0.1, 0.15) is 5.75 Å². The van der Waals surface area contributed by atoms with Gasteiger partial charge in [-0.2, -0.15) is 0 Å². The molecule has 1 aromatic rings. The molecule has 1 aromatic carbocycles. The molecule has 0 saturated carbocycles. The van der Waals surface area contributed by atoms with Crippen LogP contribution in [0.5, 0.6) is 5.75 Å². The Kier molecular flexibility index (Phi) is 6.86. The second-order valence-electron chi connectivity index (χ2n) is 5.12. The van der Waals surface area contributed by atoms with Gasteiger partial charge in [0, 0.05) is 24.2 Å². The molecular formula is C18H24O4. The Labute approximate surface area is 132 Å². The SMILES string of the molecule is C=C[C@](C)(/C=C/C(=O)OCC)c1cc(C)ccc1OCOC. The highest BCUT2D eigenvalue weighted by Gasteiger charge is 2.24. The van der Waals surface area contributed by atoms with Gasteiger partial charge in [0.05, 0.1) is 6.61 Å². The molecule has 0 aliphatic rings. The minimum absolute atomic E-state index is 0.158. The van der Waals surface area contributed by atoms with Crippen LogP contribution in [0.3, 0.4) is 0 Å². The minimum atomic E-state index is -0.554. The summed E-state index contributed by atoms with van der Waals surface area (Å²) >= 11 is 0. The summed E-state index contributed by atoms with van der Waals surface area (Å²) in [5.41, 5.74) is 1.46. The lowest BCUT2D eigenvalue weighted by Crippen LogP contribution is -2.18. The Hall–Kier alpha value is -2.07. The van der Waals surface area contributed by atoms with Gasteiger partial charge in [0.25, 0.3) is 0 Å². The third-order valence-corrected chi connectivity index (χ3v) is 3.32. The molecule has 4 nitrogen and oxygen atoms in total. The highest BCUT2D eigenvalue weighted by molar-refractivity contribution is 5.82. The van der Waals surface area contributed by atoms with Crippen LogP contribution in [0.2, 0.25) is 0 Å². The molecule has 1 rings (SSSR count). The van der Waals surface area contributed by atoms with Gasteiger partial charge in [-0.05, 0) is 26.8 Å². The molecule has 0 aromatic heterocycles. The largest absolute Gasteiger partial charge is 0.467 e. The van der Waals surface area contributed by atoms with E-state index in [0.29, 0.717) is 12.4 Å². The maximum absolute atomic E-state index is 11.6. The first-order valence-electron chi connectivity index (χ1n) is 7.19. The van der Waals surface area contributed by atoms with Gasteiger partial charge >= 0.3 is 5.97 Å². The Bertz CT molecular complexity index is 548. The maximum Gasteiger partial charge on any atom is 0.330 e. The molecular weight excluding hydrogens is 280 g/mol. The number of hydrogen-bond acceptors (Lipinski definition) is 4. The van der Waals surface area contributed by atoms with Crippen molar-refractivity contribution in [2.24, 2.45) is 0 Å². The lowest BCUT2D eigenvalue weighted by molar-refractivity contribution is -0.137. The third kappa shape index (κ3) is 4.74. The van der Waals surface area contributed by atoms with Crippen molar-refractivity contribution in [3.05, 3.63) is 54.1 Å². The number of carbonyl (C=O) groups is 1. The topological polar surface area (TPSA) is 44.8 Å². The van der Waals surface area contributed by atoms with Crippen LogP contribution in [-0.4, -0.2) is 26.5 Å². The van der Waals surface area contributed by atoms with Gasteiger partial charge in [0.15, 0.2) is 6.79 Å². The van der Waals surface area contributed by atoms with Crippen molar-refractivity contribution >= 4 is 5.97 Å². The normalized spacial score (nSPS) is 13.6. The van der Waals surface area contributed by atoms with Gasteiger partial charge in [-0.3, -0.25) is 0 Å². The van der Waals surface area contributed by atoms with Crippen LogP contribution < -0.4 is 4.74 Å². The first kappa shape index (κ1) is 18.0. The van der Waals surface area contributed by atoms with E-state index in [1.807, 2.05) is 32.0 Å². The molecule has 120 valence electrons. The fraction of sp³-hybridized carbons (Fsp3) is 0.389. The third-order valence-electron chi connectivity index (χ3n) is 3.32. The van der Waals surface area contributed by atoms with E-state index in [0.717, 1.165) is 11.1 Å². The number of carbonyl (C=O) groups excluding carboxylic acids is 1. The smallest absolute Gasteiger partial charge is 0.330 e. The van der Waals surface area contributed by atoms with Gasteiger partial charge in [-0.1, -0.05) is 29.8 Å². The molecule has 0 saturated heterocycles. The van der Waals surface area contributed by atoms with Gasteiger partial charge < -0.3 is 14.2 Å². The molecule has 0 aliphatic heterocycles. The number of allylic oxidation sites excluding steroid dienone is 2. The summed E-state index contributed by atoms with van der Waals surface area (Å²) in [6.07, 6.45) is 4.97. The molecule has 0 spiro atoms. The number of ether oxygens (including phenoxy) is 3. The van der Waals surface area contributed by atoms with Crippen LogP contribution >= 0.6 is 0 Å². The predicted octanol–water partition coefficient (Wildman–Crippen LogP) is 3.54. The zero-order chi connectivity index (χ0) is 16.6. The molecule has 0 unspecified atom stereocenters. The minimum Gasteiger partial charge on any atom is -0.467 e. The second-order valence-corrected chi connectivity index (χ2v) is 5.12. The summed E-state index contributed by atoms with van der Waals surface area (Å²) < 4.78 is 15.5. The van der Waals surface area contributed by atoms with E-state index in [9.17, 15) is 4.79 Å². The van der Waals surface area contributed by atoms with Gasteiger partial charge in [-0.25, -0.2) is 4.79 Å². The summed E-state index contributed by atoms with van der Waals surface area (Å²) in [5.74, 6) is 0.325. The lowest BCUT2D eigenvalue weighted by Gasteiger charge is -2.25. The van der Waals surface area contributed by atoms with E-state index in [-0.39, 0.29) is 12.8 Å². The number of benzene rings is 1. The first-order chi connectivity index (χ1) is 10.5. The first-order valence-corrected chi connectivity index (χ1v) is 7.19. The van der Waals surface area contributed by atoms with Crippen LogP contribution in [0.4, 0.5) is 0 Å². The van der Waals surface area contributed by atoms with Crippen LogP contribution in [0, 0.1) is 6.92 Å². The maximum atomic E-state index is 11.6. The highest BCUT2D eigenvalue weighted by Crippen LogP contribution is 2.35. The summed E-state index contributed by atoms with van der Waals surface area (Å²) in [6, 6.07) is 5.87. The van der Waals surface area contributed by atoms with Crippen molar-refractivity contribution in [3.8, 4) is 5.75 Å². The van der Waals surface area contributed by atoms with E-state index in [1.54, 1.807) is 26.2 Å². The van der Waals surface area contributed by atoms with Gasteiger partial charge in [-0.15, -0.1) is 6.58 Å². The van der Waals surface area contributed by atoms with Crippen molar-refractivity contribution in [1.29, 1.82) is 0 Å². The van der Waals surface area contributed by atoms with Crippen LogP contribution in [0.1, 0.15) is 25.0 Å². The zero-order valence-electron chi connectivity index (χ0n) is 13.7. The fourth-order valence-corrected chi connectivity index (χ4v) is 2.01. The predicted molar refractivity (Wildman–Crippen MR) is 87.0 cm³/mol. The number of esters is 1. The fourth-order valence-electron chi connectivity index (χ4n) is 2.01. The van der Waals surface area contributed by atoms with E-state index >= 15 is 0 Å². The number of hydrogen-bond donors (Lipinski definition) is 0. The second kappa shape index (κ2) is 8.39. The molecule has 0 radical (unpaired) electrons. The summed E-state index contributed by atoms with van der Waals surface area (Å²) in [6.45, 7) is 10.1.